The summed E-state index contributed by atoms with van der Waals surface area (Å²) in [7, 11) is 0. The summed E-state index contributed by atoms with van der Waals surface area (Å²) in [4.78, 5) is 12.2. The third-order valence-electron chi connectivity index (χ3n) is 2.04. The third-order valence-corrected chi connectivity index (χ3v) is 2.81. The summed E-state index contributed by atoms with van der Waals surface area (Å²) in [6.45, 7) is 4.25. The van der Waals surface area contributed by atoms with Crippen molar-refractivity contribution in [2.24, 2.45) is 4.99 Å². The largest absolute Gasteiger partial charge is 0.369 e. The second-order valence-electron chi connectivity index (χ2n) is 3.17. The van der Waals surface area contributed by atoms with Gasteiger partial charge in [0.1, 0.15) is 5.82 Å². The fourth-order valence-corrected chi connectivity index (χ4v) is 1.86. The summed E-state index contributed by atoms with van der Waals surface area (Å²) < 4.78 is 0. The number of hydrogen-bond donors (Lipinski definition) is 1. The molecule has 0 bridgehead atoms. The lowest BCUT2D eigenvalue weighted by molar-refractivity contribution is 0.956. The molecule has 5 heteroatoms. The molecule has 0 aliphatic carbocycles. The van der Waals surface area contributed by atoms with Crippen LogP contribution in [0.2, 0.25) is 0 Å². The van der Waals surface area contributed by atoms with Crippen molar-refractivity contribution < 1.29 is 0 Å². The van der Waals surface area contributed by atoms with Gasteiger partial charge in [0.05, 0.1) is 0 Å². The Balaban J connectivity index is 1.82. The Bertz CT molecular complexity index is 452. The SMILES string of the molecule is C=Nc1nc(NCCc2ccccn2)cs1. The maximum absolute atomic E-state index is 4.24. The molecule has 4 nitrogen and oxygen atoms in total. The van der Waals surface area contributed by atoms with E-state index >= 15 is 0 Å². The number of hydrogen-bond acceptors (Lipinski definition) is 5. The van der Waals surface area contributed by atoms with Gasteiger partial charge in [-0.15, -0.1) is 11.3 Å². The van der Waals surface area contributed by atoms with E-state index in [9.17, 15) is 0 Å². The van der Waals surface area contributed by atoms with Crippen molar-refractivity contribution in [3.05, 3.63) is 35.5 Å². The highest BCUT2D eigenvalue weighted by Crippen LogP contribution is 2.20. The van der Waals surface area contributed by atoms with Crippen molar-refractivity contribution >= 4 is 29.0 Å². The van der Waals surface area contributed by atoms with Crippen LogP contribution in [0, 0.1) is 0 Å². The molecular formula is C11H12N4S. The molecule has 0 unspecified atom stereocenters. The van der Waals surface area contributed by atoms with E-state index in [1.807, 2.05) is 23.6 Å². The molecule has 0 amide bonds. The first kappa shape index (κ1) is 10.8. The van der Waals surface area contributed by atoms with Crippen LogP contribution in [0.25, 0.3) is 0 Å². The average molecular weight is 232 g/mol. The fourth-order valence-electron chi connectivity index (χ4n) is 1.28. The molecule has 0 aliphatic rings. The average Bonchev–Trinajstić information content (AvgIpc) is 2.78. The van der Waals surface area contributed by atoms with Crippen LogP contribution in [-0.4, -0.2) is 23.2 Å². The van der Waals surface area contributed by atoms with Crippen molar-refractivity contribution in [1.82, 2.24) is 9.97 Å². The van der Waals surface area contributed by atoms with Crippen molar-refractivity contribution in [1.29, 1.82) is 0 Å². The van der Waals surface area contributed by atoms with Crippen LogP contribution in [0.3, 0.4) is 0 Å². The second kappa shape index (κ2) is 5.37. The predicted molar refractivity (Wildman–Crippen MR) is 67.8 cm³/mol. The van der Waals surface area contributed by atoms with E-state index in [4.69, 9.17) is 0 Å². The van der Waals surface area contributed by atoms with Gasteiger partial charge in [0, 0.05) is 30.2 Å². The molecule has 2 aromatic rings. The van der Waals surface area contributed by atoms with E-state index in [0.717, 1.165) is 24.5 Å². The molecule has 2 heterocycles. The Hall–Kier alpha value is -1.75. The zero-order valence-electron chi connectivity index (χ0n) is 8.76. The topological polar surface area (TPSA) is 50.2 Å². The molecule has 0 spiro atoms. The van der Waals surface area contributed by atoms with Crippen LogP contribution in [0.4, 0.5) is 10.9 Å². The second-order valence-corrected chi connectivity index (χ2v) is 4.01. The van der Waals surface area contributed by atoms with Crippen LogP contribution < -0.4 is 5.32 Å². The van der Waals surface area contributed by atoms with Crippen molar-refractivity contribution in [2.45, 2.75) is 6.42 Å². The predicted octanol–water partition coefficient (Wildman–Crippen LogP) is 2.52. The van der Waals surface area contributed by atoms with Crippen LogP contribution in [0.15, 0.2) is 34.8 Å². The first-order chi connectivity index (χ1) is 7.88. The monoisotopic (exact) mass is 232 g/mol. The van der Waals surface area contributed by atoms with Crippen LogP contribution in [0.1, 0.15) is 5.69 Å². The minimum Gasteiger partial charge on any atom is -0.369 e. The highest BCUT2D eigenvalue weighted by molar-refractivity contribution is 7.13. The molecule has 16 heavy (non-hydrogen) atoms. The molecule has 0 aromatic carbocycles. The summed E-state index contributed by atoms with van der Waals surface area (Å²) in [6.07, 6.45) is 2.69. The van der Waals surface area contributed by atoms with E-state index in [1.165, 1.54) is 11.3 Å². The number of aromatic nitrogens is 2. The van der Waals surface area contributed by atoms with Gasteiger partial charge in [-0.25, -0.2) is 9.98 Å². The molecule has 0 radical (unpaired) electrons. The van der Waals surface area contributed by atoms with Gasteiger partial charge >= 0.3 is 0 Å². The Morgan fingerprint density at radius 3 is 3.06 bits per heavy atom. The van der Waals surface area contributed by atoms with E-state index in [-0.39, 0.29) is 0 Å². The lowest BCUT2D eigenvalue weighted by atomic mass is 10.3. The zero-order chi connectivity index (χ0) is 11.2. The van der Waals surface area contributed by atoms with Gasteiger partial charge in [-0.1, -0.05) is 6.07 Å². The standard InChI is InChI=1S/C11H12N4S/c1-12-11-15-10(8-16-11)14-7-5-9-4-2-3-6-13-9/h2-4,6,8,14H,1,5,7H2. The number of thiazole rings is 1. The molecule has 0 aliphatic heterocycles. The molecule has 1 N–H and O–H groups in total. The molecule has 2 rings (SSSR count). The van der Waals surface area contributed by atoms with Gasteiger partial charge in [-0.3, -0.25) is 4.98 Å². The van der Waals surface area contributed by atoms with Gasteiger partial charge < -0.3 is 5.32 Å². The number of anilines is 1. The third kappa shape index (κ3) is 2.87. The number of aliphatic imine (C=N–C) groups is 1. The molecule has 0 atom stereocenters. The Kier molecular flexibility index (Phi) is 3.61. The van der Waals surface area contributed by atoms with Crippen molar-refractivity contribution in [3.8, 4) is 0 Å². The summed E-state index contributed by atoms with van der Waals surface area (Å²) in [6, 6.07) is 5.92. The van der Waals surface area contributed by atoms with Gasteiger partial charge in [-0.05, 0) is 18.9 Å². The minimum absolute atomic E-state index is 0.695. The smallest absolute Gasteiger partial charge is 0.210 e. The number of nitrogens with one attached hydrogen (secondary N) is 1. The van der Waals surface area contributed by atoms with Crippen molar-refractivity contribution in [3.63, 3.8) is 0 Å². The molecular weight excluding hydrogens is 220 g/mol. The van der Waals surface area contributed by atoms with Gasteiger partial charge in [0.25, 0.3) is 0 Å². The molecule has 2 aromatic heterocycles. The lowest BCUT2D eigenvalue weighted by Gasteiger charge is -2.01. The van der Waals surface area contributed by atoms with Crippen LogP contribution in [-0.2, 0) is 6.42 Å². The number of rotatable bonds is 5. The summed E-state index contributed by atoms with van der Waals surface area (Å²) in [5.41, 5.74) is 1.08. The normalized spacial score (nSPS) is 10.0. The van der Waals surface area contributed by atoms with Gasteiger partial charge in [0.2, 0.25) is 5.13 Å². The number of pyridine rings is 1. The van der Waals surface area contributed by atoms with Crippen molar-refractivity contribution in [2.75, 3.05) is 11.9 Å². The zero-order valence-corrected chi connectivity index (χ0v) is 9.57. The van der Waals surface area contributed by atoms with E-state index in [0.29, 0.717) is 5.13 Å². The van der Waals surface area contributed by atoms with Crippen LogP contribution >= 0.6 is 11.3 Å². The summed E-state index contributed by atoms with van der Waals surface area (Å²) in [5.74, 6) is 0.850. The first-order valence-corrected chi connectivity index (χ1v) is 5.82. The first-order valence-electron chi connectivity index (χ1n) is 4.94. The molecule has 0 saturated carbocycles. The van der Waals surface area contributed by atoms with E-state index in [2.05, 4.69) is 27.0 Å². The lowest BCUT2D eigenvalue weighted by Crippen LogP contribution is -2.05. The quantitative estimate of drug-likeness (QED) is 0.806. The molecule has 0 saturated heterocycles. The summed E-state index contributed by atoms with van der Waals surface area (Å²) >= 11 is 1.48. The van der Waals surface area contributed by atoms with Gasteiger partial charge in [-0.2, -0.15) is 0 Å². The minimum atomic E-state index is 0.695. The summed E-state index contributed by atoms with van der Waals surface area (Å²) in [5, 5.41) is 5.85. The van der Waals surface area contributed by atoms with Crippen LogP contribution in [0.5, 0.6) is 0 Å². The maximum atomic E-state index is 4.24. The molecule has 82 valence electrons. The fraction of sp³-hybridized carbons (Fsp3) is 0.182. The maximum Gasteiger partial charge on any atom is 0.210 e. The Morgan fingerprint density at radius 1 is 1.44 bits per heavy atom. The highest BCUT2D eigenvalue weighted by atomic mass is 32.1. The van der Waals surface area contributed by atoms with Gasteiger partial charge in [0.15, 0.2) is 0 Å². The van der Waals surface area contributed by atoms with E-state index < -0.39 is 0 Å². The highest BCUT2D eigenvalue weighted by Gasteiger charge is 1.99. The Labute approximate surface area is 98.1 Å². The van der Waals surface area contributed by atoms with E-state index in [1.54, 1.807) is 6.20 Å². The molecule has 0 fully saturated rings. The number of nitrogens with zero attached hydrogens (tertiary/aromatic N) is 3. The Morgan fingerprint density at radius 2 is 2.38 bits per heavy atom.